The number of thiazole rings is 1. The summed E-state index contributed by atoms with van der Waals surface area (Å²) < 4.78 is 0. The van der Waals surface area contributed by atoms with E-state index in [-0.39, 0.29) is 18.0 Å². The minimum atomic E-state index is -1.31. The van der Waals surface area contributed by atoms with Gasteiger partial charge in [-0.05, 0) is 17.8 Å². The predicted molar refractivity (Wildman–Crippen MR) is 71.2 cm³/mol. The van der Waals surface area contributed by atoms with Crippen LogP contribution in [0.3, 0.4) is 0 Å². The van der Waals surface area contributed by atoms with Gasteiger partial charge in [0.1, 0.15) is 12.2 Å². The predicted octanol–water partition coefficient (Wildman–Crippen LogP) is -0.661. The zero-order chi connectivity index (χ0) is 15.8. The molecule has 1 rings (SSSR count). The van der Waals surface area contributed by atoms with Crippen LogP contribution in [0.5, 0.6) is 0 Å². The number of anilines is 1. The molecule has 21 heavy (non-hydrogen) atoms. The van der Waals surface area contributed by atoms with E-state index >= 15 is 0 Å². The Morgan fingerprint density at radius 1 is 1.48 bits per heavy atom. The second-order valence-corrected chi connectivity index (χ2v) is 4.91. The summed E-state index contributed by atoms with van der Waals surface area (Å²) in [6.45, 7) is 0. The van der Waals surface area contributed by atoms with Gasteiger partial charge < -0.3 is 15.5 Å². The maximum atomic E-state index is 11.6. The van der Waals surface area contributed by atoms with Crippen molar-refractivity contribution in [1.82, 2.24) is 10.3 Å². The van der Waals surface area contributed by atoms with Crippen molar-refractivity contribution in [2.24, 2.45) is 0 Å². The molecule has 1 unspecified atom stereocenters. The molecule has 11 heteroatoms. The van der Waals surface area contributed by atoms with Crippen LogP contribution in [0.15, 0.2) is 6.20 Å². The van der Waals surface area contributed by atoms with Gasteiger partial charge in [0.05, 0.1) is 7.11 Å². The SMILES string of the molecule is CO[NH2+]c1cnc(NC(=O)NC(CCC(=O)O)C(=O)O)s1. The third-order valence-corrected chi connectivity index (χ3v) is 3.07. The fraction of sp³-hybridized carbons (Fsp3) is 0.400. The lowest BCUT2D eigenvalue weighted by molar-refractivity contribution is -0.827. The summed E-state index contributed by atoms with van der Waals surface area (Å²) >= 11 is 1.13. The van der Waals surface area contributed by atoms with Gasteiger partial charge in [-0.1, -0.05) is 0 Å². The van der Waals surface area contributed by atoms with Gasteiger partial charge in [0.2, 0.25) is 5.00 Å². The minimum Gasteiger partial charge on any atom is -0.481 e. The molecule has 0 aliphatic heterocycles. The fourth-order valence-electron chi connectivity index (χ4n) is 1.33. The number of urea groups is 1. The molecule has 0 bridgehead atoms. The topological polar surface area (TPSA) is 154 Å². The molecule has 10 nitrogen and oxygen atoms in total. The third kappa shape index (κ3) is 6.16. The molecule has 0 radical (unpaired) electrons. The molecule has 6 N–H and O–H groups in total. The number of amides is 2. The van der Waals surface area contributed by atoms with E-state index in [1.165, 1.54) is 18.8 Å². The van der Waals surface area contributed by atoms with Gasteiger partial charge in [0.25, 0.3) is 0 Å². The van der Waals surface area contributed by atoms with Crippen LogP contribution in [-0.2, 0) is 14.4 Å². The molecule has 2 amide bonds. The first-order valence-electron chi connectivity index (χ1n) is 5.76. The van der Waals surface area contributed by atoms with Crippen molar-refractivity contribution in [2.45, 2.75) is 18.9 Å². The van der Waals surface area contributed by atoms with E-state index < -0.39 is 24.0 Å². The molecule has 0 aromatic carbocycles. The monoisotopic (exact) mass is 319 g/mol. The summed E-state index contributed by atoms with van der Waals surface area (Å²) in [5.41, 5.74) is 1.44. The Kier molecular flexibility index (Phi) is 6.52. The van der Waals surface area contributed by atoms with Crippen LogP contribution in [0.25, 0.3) is 0 Å². The minimum absolute atomic E-state index is 0.210. The highest BCUT2D eigenvalue weighted by atomic mass is 32.1. The lowest BCUT2D eigenvalue weighted by Crippen LogP contribution is -2.75. The molecule has 1 atom stereocenters. The molecule has 1 heterocycles. The first-order chi connectivity index (χ1) is 9.92. The Morgan fingerprint density at radius 2 is 2.19 bits per heavy atom. The van der Waals surface area contributed by atoms with Gasteiger partial charge in [-0.25, -0.2) is 19.4 Å². The zero-order valence-corrected chi connectivity index (χ0v) is 11.8. The van der Waals surface area contributed by atoms with E-state index in [0.29, 0.717) is 5.00 Å². The Balaban J connectivity index is 2.52. The Hall–Kier alpha value is -2.24. The summed E-state index contributed by atoms with van der Waals surface area (Å²) in [6, 6.07) is -2.06. The lowest BCUT2D eigenvalue weighted by atomic mass is 10.1. The molecule has 0 spiro atoms. The van der Waals surface area contributed by atoms with E-state index in [4.69, 9.17) is 15.1 Å². The number of nitrogens with one attached hydrogen (secondary N) is 2. The van der Waals surface area contributed by atoms with E-state index in [2.05, 4.69) is 15.6 Å². The van der Waals surface area contributed by atoms with E-state index in [9.17, 15) is 14.4 Å². The Morgan fingerprint density at radius 3 is 2.76 bits per heavy atom. The molecule has 1 aromatic rings. The molecule has 116 valence electrons. The molecule has 0 saturated heterocycles. The molecule has 0 aliphatic carbocycles. The zero-order valence-electron chi connectivity index (χ0n) is 11.0. The molecular weight excluding hydrogens is 304 g/mol. The fourth-order valence-corrected chi connectivity index (χ4v) is 2.05. The van der Waals surface area contributed by atoms with Crippen LogP contribution >= 0.6 is 11.3 Å². The number of carboxylic acid groups (broad SMARTS) is 2. The quantitative estimate of drug-likeness (QED) is 0.398. The average Bonchev–Trinajstić information content (AvgIpc) is 2.81. The molecule has 0 fully saturated rings. The number of quaternary nitrogens is 1. The van der Waals surface area contributed by atoms with Gasteiger partial charge in [-0.3, -0.25) is 10.1 Å². The van der Waals surface area contributed by atoms with Gasteiger partial charge in [-0.2, -0.15) is 5.48 Å². The maximum absolute atomic E-state index is 11.6. The Labute approximate surface area is 123 Å². The van der Waals surface area contributed by atoms with Crippen molar-refractivity contribution in [2.75, 3.05) is 12.4 Å². The first kappa shape index (κ1) is 16.8. The second kappa shape index (κ2) is 8.14. The lowest BCUT2D eigenvalue weighted by Gasteiger charge is -2.13. The van der Waals surface area contributed by atoms with Crippen molar-refractivity contribution >= 4 is 39.4 Å². The highest BCUT2D eigenvalue weighted by Gasteiger charge is 2.21. The second-order valence-electron chi connectivity index (χ2n) is 3.84. The number of carboxylic acids is 2. The number of carbonyl (C=O) groups excluding carboxylic acids is 1. The normalized spacial score (nSPS) is 11.7. The number of hydrogen-bond acceptors (Lipinski definition) is 6. The smallest absolute Gasteiger partial charge is 0.326 e. The van der Waals surface area contributed by atoms with E-state index in [1.807, 2.05) is 0 Å². The van der Waals surface area contributed by atoms with Crippen LogP contribution < -0.4 is 16.1 Å². The molecule has 1 aromatic heterocycles. The number of rotatable bonds is 8. The Bertz CT molecular complexity index is 519. The van der Waals surface area contributed by atoms with Crippen LogP contribution in [0.4, 0.5) is 14.9 Å². The summed E-state index contributed by atoms with van der Waals surface area (Å²) in [7, 11) is 1.47. The highest BCUT2D eigenvalue weighted by Crippen LogP contribution is 2.18. The number of aromatic nitrogens is 1. The first-order valence-corrected chi connectivity index (χ1v) is 6.58. The van der Waals surface area contributed by atoms with Gasteiger partial charge >= 0.3 is 18.0 Å². The highest BCUT2D eigenvalue weighted by molar-refractivity contribution is 7.18. The van der Waals surface area contributed by atoms with E-state index in [0.717, 1.165) is 11.3 Å². The van der Waals surface area contributed by atoms with Gasteiger partial charge in [0, 0.05) is 6.42 Å². The van der Waals surface area contributed by atoms with E-state index in [1.54, 1.807) is 0 Å². The molecule has 0 saturated carbocycles. The van der Waals surface area contributed by atoms with Crippen LogP contribution in [0.2, 0.25) is 0 Å². The van der Waals surface area contributed by atoms with Crippen molar-refractivity contribution in [1.29, 1.82) is 0 Å². The number of aliphatic carboxylic acids is 2. The maximum Gasteiger partial charge on any atom is 0.326 e. The third-order valence-electron chi connectivity index (χ3n) is 2.23. The number of nitrogens with zero attached hydrogens (tertiary/aromatic N) is 1. The van der Waals surface area contributed by atoms with Crippen LogP contribution in [0.1, 0.15) is 12.8 Å². The standard InChI is InChI=1S/C10H14N4O6S/c1-20-14-6-4-11-10(21-6)13-9(19)12-5(8(17)18)2-3-7(15)16/h4-5,14H,2-3H2,1H3,(H,15,16)(H,17,18)(H2,11,12,13,19)/p+1. The van der Waals surface area contributed by atoms with Crippen molar-refractivity contribution < 1.29 is 34.9 Å². The van der Waals surface area contributed by atoms with Crippen molar-refractivity contribution in [3.63, 3.8) is 0 Å². The summed E-state index contributed by atoms with van der Waals surface area (Å²) in [4.78, 5) is 41.6. The molecular formula is C10H15N4O6S+. The summed E-state index contributed by atoms with van der Waals surface area (Å²) in [5.74, 6) is -2.44. The molecule has 0 aliphatic rings. The average molecular weight is 319 g/mol. The number of carbonyl (C=O) groups is 3. The van der Waals surface area contributed by atoms with Crippen LogP contribution in [-0.4, -0.2) is 46.3 Å². The number of nitrogens with two attached hydrogens (primary N) is 1. The van der Waals surface area contributed by atoms with Crippen LogP contribution in [0, 0.1) is 0 Å². The van der Waals surface area contributed by atoms with Crippen molar-refractivity contribution in [3.05, 3.63) is 6.20 Å². The summed E-state index contributed by atoms with van der Waals surface area (Å²) in [6.07, 6.45) is 0.906. The van der Waals surface area contributed by atoms with Gasteiger partial charge in [-0.15, -0.1) is 0 Å². The number of hydrogen-bond donors (Lipinski definition) is 5. The van der Waals surface area contributed by atoms with Crippen molar-refractivity contribution in [3.8, 4) is 0 Å². The largest absolute Gasteiger partial charge is 0.481 e. The van der Waals surface area contributed by atoms with Gasteiger partial charge in [0.15, 0.2) is 5.13 Å². The summed E-state index contributed by atoms with van der Waals surface area (Å²) in [5, 5.41) is 22.9.